The van der Waals surface area contributed by atoms with Gasteiger partial charge in [0.05, 0.1) is 22.7 Å². The maximum atomic E-state index is 6.84. The molecule has 0 heterocycles. The van der Waals surface area contributed by atoms with Crippen LogP contribution in [0.25, 0.3) is 0 Å². The van der Waals surface area contributed by atoms with Gasteiger partial charge in [0, 0.05) is 0 Å². The van der Waals surface area contributed by atoms with E-state index >= 15 is 0 Å². The highest BCUT2D eigenvalue weighted by atomic mass is 16.9. The molecule has 0 amide bonds. The summed E-state index contributed by atoms with van der Waals surface area (Å²) < 4.78 is 20.5. The van der Waals surface area contributed by atoms with E-state index in [0.717, 1.165) is 19.3 Å². The third-order valence-electron chi connectivity index (χ3n) is 5.43. The zero-order valence-corrected chi connectivity index (χ0v) is 23.8. The van der Waals surface area contributed by atoms with Gasteiger partial charge < -0.3 is 14.2 Å². The van der Waals surface area contributed by atoms with Crippen molar-refractivity contribution in [3.63, 3.8) is 0 Å². The molecule has 0 bridgehead atoms. The van der Waals surface area contributed by atoms with Crippen LogP contribution in [0, 0.1) is 0 Å². The molecule has 1 rings (SSSR count). The van der Waals surface area contributed by atoms with Crippen LogP contribution in [0.15, 0.2) is 24.3 Å². The molecule has 0 N–H and O–H groups in total. The first-order valence-corrected chi connectivity index (χ1v) is 13.3. The van der Waals surface area contributed by atoms with E-state index in [0.29, 0.717) is 0 Å². The minimum absolute atomic E-state index is 0.0301. The van der Waals surface area contributed by atoms with Crippen molar-refractivity contribution in [2.75, 3.05) is 0 Å². The summed E-state index contributed by atoms with van der Waals surface area (Å²) in [6.45, 7) is 23.3. The summed E-state index contributed by atoms with van der Waals surface area (Å²) in [5, 5.41) is 0. The van der Waals surface area contributed by atoms with Crippen molar-refractivity contribution in [3.05, 3.63) is 35.4 Å². The number of benzene rings is 1. The molecule has 0 fully saturated rings. The van der Waals surface area contributed by atoms with Crippen LogP contribution in [-0.4, -0.2) is 22.8 Å². The fraction of sp³-hybridized carbons (Fsp3) is 0.800. The van der Waals surface area contributed by atoms with E-state index in [1.165, 1.54) is 43.2 Å². The minimum atomic E-state index is -1.19. The van der Waals surface area contributed by atoms with Crippen molar-refractivity contribution in [3.8, 4) is 0 Å². The molecule has 0 radical (unpaired) electrons. The largest absolute Gasteiger partial charge is 0.321 e. The third-order valence-corrected chi connectivity index (χ3v) is 5.43. The van der Waals surface area contributed by atoms with Crippen molar-refractivity contribution in [2.45, 2.75) is 156 Å². The van der Waals surface area contributed by atoms with Gasteiger partial charge in [0.25, 0.3) is 5.97 Å². The minimum Gasteiger partial charge on any atom is -0.321 e. The van der Waals surface area contributed by atoms with Crippen LogP contribution in [0.3, 0.4) is 0 Å². The van der Waals surface area contributed by atoms with Crippen molar-refractivity contribution < 1.29 is 14.2 Å². The molecule has 0 saturated heterocycles. The first kappa shape index (κ1) is 30.1. The number of rotatable bonds is 13. The molecule has 0 aliphatic heterocycles. The summed E-state index contributed by atoms with van der Waals surface area (Å²) in [5.41, 5.74) is 1.32. The second kappa shape index (κ2) is 12.7. The normalized spacial score (nSPS) is 14.5. The molecule has 192 valence electrons. The maximum absolute atomic E-state index is 6.84. The summed E-state index contributed by atoms with van der Waals surface area (Å²) in [5.74, 6) is -1.22. The fourth-order valence-electron chi connectivity index (χ4n) is 4.40. The van der Waals surface area contributed by atoms with Crippen LogP contribution in [0.5, 0.6) is 0 Å². The summed E-state index contributed by atoms with van der Waals surface area (Å²) in [7, 11) is 0. The number of ether oxygens (including phenoxy) is 3. The molecule has 3 heteroatoms. The van der Waals surface area contributed by atoms with E-state index < -0.39 is 22.8 Å². The lowest BCUT2D eigenvalue weighted by molar-refractivity contribution is -0.456. The molecule has 1 unspecified atom stereocenters. The lowest BCUT2D eigenvalue weighted by Crippen LogP contribution is -2.56. The average Bonchev–Trinajstić information content (AvgIpc) is 2.63. The Hall–Kier alpha value is -0.900. The van der Waals surface area contributed by atoms with Crippen molar-refractivity contribution in [1.82, 2.24) is 0 Å². The molecule has 33 heavy (non-hydrogen) atoms. The molecule has 1 aromatic rings. The molecular formula is C30H54O3. The molecular weight excluding hydrogens is 408 g/mol. The molecule has 0 aliphatic carbocycles. The first-order chi connectivity index (χ1) is 15.1. The van der Waals surface area contributed by atoms with Gasteiger partial charge in [-0.05, 0) is 86.3 Å². The molecule has 1 atom stereocenters. The third kappa shape index (κ3) is 11.4. The average molecular weight is 463 g/mol. The molecule has 3 nitrogen and oxygen atoms in total. The van der Waals surface area contributed by atoms with Gasteiger partial charge in [0.15, 0.2) is 0 Å². The Kier molecular flexibility index (Phi) is 11.6. The fourth-order valence-corrected chi connectivity index (χ4v) is 4.40. The molecule has 0 saturated carbocycles. The highest BCUT2D eigenvalue weighted by Gasteiger charge is 2.51. The van der Waals surface area contributed by atoms with Crippen LogP contribution in [0.1, 0.15) is 138 Å². The highest BCUT2D eigenvalue weighted by molar-refractivity contribution is 5.32. The van der Waals surface area contributed by atoms with E-state index in [9.17, 15) is 0 Å². The Labute approximate surface area is 206 Å². The molecule has 0 aromatic heterocycles. The zero-order chi connectivity index (χ0) is 25.3. The monoisotopic (exact) mass is 462 g/mol. The quantitative estimate of drug-likeness (QED) is 0.216. The van der Waals surface area contributed by atoms with Gasteiger partial charge in [-0.25, -0.2) is 0 Å². The smallest absolute Gasteiger partial charge is 0.291 e. The summed E-state index contributed by atoms with van der Waals surface area (Å²) in [6.07, 6.45) is 9.47. The Bertz CT molecular complexity index is 632. The standard InChI is InChI=1S/C30H54O3/c1-12-14-15-16-17-18-23-26(25-22-20-19-21-24(25)13-2)30(31-27(3,4)5,32-28(6,7)8)33-29(9,10)11/h19-22,26H,12-18,23H2,1-11H3. The summed E-state index contributed by atoms with van der Waals surface area (Å²) in [4.78, 5) is 0. The topological polar surface area (TPSA) is 27.7 Å². The van der Waals surface area contributed by atoms with Crippen molar-refractivity contribution in [2.24, 2.45) is 0 Å². The molecule has 1 aromatic carbocycles. The van der Waals surface area contributed by atoms with Crippen LogP contribution in [0.2, 0.25) is 0 Å². The second-order valence-corrected chi connectivity index (χ2v) is 12.4. The van der Waals surface area contributed by atoms with Gasteiger partial charge in [0.2, 0.25) is 0 Å². The molecule has 0 spiro atoms. The van der Waals surface area contributed by atoms with E-state index in [2.05, 4.69) is 100 Å². The first-order valence-electron chi connectivity index (χ1n) is 13.3. The van der Waals surface area contributed by atoms with Crippen LogP contribution < -0.4 is 0 Å². The van der Waals surface area contributed by atoms with Crippen LogP contribution >= 0.6 is 0 Å². The maximum Gasteiger partial charge on any atom is 0.291 e. The number of hydrogen-bond acceptors (Lipinski definition) is 3. The number of aryl methyl sites for hydroxylation is 1. The van der Waals surface area contributed by atoms with E-state index in [1.54, 1.807) is 0 Å². The Balaban J connectivity index is 3.56. The SMILES string of the molecule is CCCCCCCCC(c1ccccc1CC)C(OC(C)(C)C)(OC(C)(C)C)OC(C)(C)C. The number of hydrogen-bond donors (Lipinski definition) is 0. The number of unbranched alkanes of at least 4 members (excludes halogenated alkanes) is 5. The Morgan fingerprint density at radius 1 is 0.636 bits per heavy atom. The summed E-state index contributed by atoms with van der Waals surface area (Å²) in [6, 6.07) is 8.75. The zero-order valence-electron chi connectivity index (χ0n) is 23.8. The summed E-state index contributed by atoms with van der Waals surface area (Å²) >= 11 is 0. The van der Waals surface area contributed by atoms with Crippen molar-refractivity contribution in [1.29, 1.82) is 0 Å². The van der Waals surface area contributed by atoms with E-state index in [4.69, 9.17) is 14.2 Å². The predicted octanol–water partition coefficient (Wildman–Crippen LogP) is 9.18. The van der Waals surface area contributed by atoms with Crippen molar-refractivity contribution >= 4 is 0 Å². The Morgan fingerprint density at radius 3 is 1.55 bits per heavy atom. The highest BCUT2D eigenvalue weighted by Crippen LogP contribution is 2.46. The van der Waals surface area contributed by atoms with Gasteiger partial charge in [-0.15, -0.1) is 0 Å². The Morgan fingerprint density at radius 2 is 1.09 bits per heavy atom. The van der Waals surface area contributed by atoms with Gasteiger partial charge in [-0.2, -0.15) is 0 Å². The van der Waals surface area contributed by atoms with Crippen LogP contribution in [0.4, 0.5) is 0 Å². The molecule has 0 aliphatic rings. The predicted molar refractivity (Wildman–Crippen MR) is 142 cm³/mol. The van der Waals surface area contributed by atoms with E-state index in [1.807, 2.05) is 0 Å². The lowest BCUT2D eigenvalue weighted by Gasteiger charge is -2.49. The van der Waals surface area contributed by atoms with Gasteiger partial charge in [0.1, 0.15) is 0 Å². The van der Waals surface area contributed by atoms with E-state index in [-0.39, 0.29) is 5.92 Å². The van der Waals surface area contributed by atoms with Gasteiger partial charge in [-0.1, -0.05) is 76.6 Å². The lowest BCUT2D eigenvalue weighted by atomic mass is 9.85. The van der Waals surface area contributed by atoms with Gasteiger partial charge in [-0.3, -0.25) is 0 Å². The van der Waals surface area contributed by atoms with Gasteiger partial charge >= 0.3 is 0 Å². The van der Waals surface area contributed by atoms with Crippen LogP contribution in [-0.2, 0) is 20.6 Å². The second-order valence-electron chi connectivity index (χ2n) is 12.4.